The normalized spacial score (nSPS) is 11.3. The fourth-order valence-corrected chi connectivity index (χ4v) is 3.74. The molecule has 0 atom stereocenters. The largest absolute Gasteiger partial charge is 0.507 e. The second kappa shape index (κ2) is 11.1. The summed E-state index contributed by atoms with van der Waals surface area (Å²) in [5, 5.41) is 18.6. The zero-order chi connectivity index (χ0) is 24.8. The minimum absolute atomic E-state index is 0.133. The summed E-state index contributed by atoms with van der Waals surface area (Å²) < 4.78 is 8.50. The van der Waals surface area contributed by atoms with Crippen LogP contribution in [0.15, 0.2) is 83.5 Å². The smallest absolute Gasteiger partial charge is 0.189 e. The lowest BCUT2D eigenvalue weighted by Gasteiger charge is -2.07. The first-order chi connectivity index (χ1) is 16.9. The average molecular weight is 532 g/mol. The molecule has 35 heavy (non-hydrogen) atoms. The number of phenolic OH excluding ortho intramolecular Hbond substituents is 1. The summed E-state index contributed by atoms with van der Waals surface area (Å²) >= 11 is 3.43. The highest BCUT2D eigenvalue weighted by Crippen LogP contribution is 2.25. The molecule has 178 valence electrons. The molecule has 4 aromatic rings. The second-order valence-electron chi connectivity index (χ2n) is 8.52. The molecule has 0 radical (unpaired) electrons. The number of rotatable bonds is 9. The third kappa shape index (κ3) is 6.67. The summed E-state index contributed by atoms with van der Waals surface area (Å²) in [4.78, 5) is 12.6. The van der Waals surface area contributed by atoms with E-state index in [1.807, 2.05) is 42.6 Å². The van der Waals surface area contributed by atoms with Gasteiger partial charge in [-0.3, -0.25) is 4.79 Å². The van der Waals surface area contributed by atoms with Gasteiger partial charge >= 0.3 is 0 Å². The highest BCUT2D eigenvalue weighted by molar-refractivity contribution is 9.10. The predicted molar refractivity (Wildman–Crippen MR) is 140 cm³/mol. The van der Waals surface area contributed by atoms with E-state index in [1.54, 1.807) is 22.9 Å². The van der Waals surface area contributed by atoms with Crippen LogP contribution in [0.2, 0.25) is 0 Å². The molecular weight excluding hydrogens is 506 g/mol. The number of hydrogen-bond acceptors (Lipinski definition) is 5. The van der Waals surface area contributed by atoms with Crippen LogP contribution in [0.25, 0.3) is 6.08 Å². The molecule has 0 unspecified atom stereocenters. The van der Waals surface area contributed by atoms with Crippen LogP contribution in [-0.4, -0.2) is 25.9 Å². The highest BCUT2D eigenvalue weighted by Gasteiger charge is 2.11. The van der Waals surface area contributed by atoms with Crippen molar-refractivity contribution in [2.75, 3.05) is 0 Å². The number of halogens is 1. The van der Waals surface area contributed by atoms with Gasteiger partial charge in [-0.2, -0.15) is 0 Å². The Morgan fingerprint density at radius 3 is 2.51 bits per heavy atom. The molecule has 0 saturated heterocycles. The quantitative estimate of drug-likeness (QED) is 0.200. The van der Waals surface area contributed by atoms with Crippen molar-refractivity contribution < 1.29 is 14.6 Å². The van der Waals surface area contributed by atoms with E-state index in [9.17, 15) is 9.90 Å². The average Bonchev–Trinajstić information content (AvgIpc) is 3.30. The van der Waals surface area contributed by atoms with Crippen LogP contribution in [0, 0.1) is 0 Å². The Labute approximate surface area is 213 Å². The van der Waals surface area contributed by atoms with Gasteiger partial charge in [0.15, 0.2) is 5.78 Å². The van der Waals surface area contributed by atoms with E-state index in [2.05, 4.69) is 52.2 Å². The lowest BCUT2D eigenvalue weighted by molar-refractivity contribution is 0.104. The molecule has 0 spiro atoms. The van der Waals surface area contributed by atoms with Crippen LogP contribution in [-0.2, 0) is 13.2 Å². The van der Waals surface area contributed by atoms with Crippen molar-refractivity contribution in [3.8, 4) is 11.5 Å². The fraction of sp³-hybridized carbons (Fsp3) is 0.179. The third-order valence-electron chi connectivity index (χ3n) is 5.50. The van der Waals surface area contributed by atoms with Crippen LogP contribution >= 0.6 is 15.9 Å². The molecule has 1 aromatic heterocycles. The summed E-state index contributed by atoms with van der Waals surface area (Å²) in [5.41, 5.74) is 4.16. The maximum Gasteiger partial charge on any atom is 0.189 e. The van der Waals surface area contributed by atoms with Crippen molar-refractivity contribution in [1.29, 1.82) is 0 Å². The van der Waals surface area contributed by atoms with Crippen molar-refractivity contribution in [1.82, 2.24) is 15.0 Å². The molecule has 7 heteroatoms. The maximum absolute atomic E-state index is 12.6. The minimum atomic E-state index is -0.280. The number of ether oxygens (including phenoxy) is 1. The van der Waals surface area contributed by atoms with Crippen molar-refractivity contribution >= 4 is 27.8 Å². The molecule has 4 rings (SSSR count). The minimum Gasteiger partial charge on any atom is -0.507 e. The van der Waals surface area contributed by atoms with E-state index in [1.165, 1.54) is 17.7 Å². The number of ketones is 1. The standard InChI is InChI=1S/C28H26BrN3O3/c1-19(2)22-8-3-20(4-9-22)7-14-27(33)26-13-12-25(15-28(26)34)35-18-24-17-32(31-30-24)16-21-5-10-23(29)11-6-21/h3-15,17,19,34H,16,18H2,1-2H3/b14-7+. The van der Waals surface area contributed by atoms with Crippen molar-refractivity contribution in [2.24, 2.45) is 0 Å². The number of phenols is 1. The lowest BCUT2D eigenvalue weighted by atomic mass is 10.0. The highest BCUT2D eigenvalue weighted by atomic mass is 79.9. The van der Waals surface area contributed by atoms with Crippen LogP contribution in [0.4, 0.5) is 0 Å². The van der Waals surface area contributed by atoms with Crippen molar-refractivity contribution in [2.45, 2.75) is 32.9 Å². The Bertz CT molecular complexity index is 1330. The molecular formula is C28H26BrN3O3. The third-order valence-corrected chi connectivity index (χ3v) is 6.02. The fourth-order valence-electron chi connectivity index (χ4n) is 3.48. The molecule has 3 aromatic carbocycles. The topological polar surface area (TPSA) is 77.2 Å². The Kier molecular flexibility index (Phi) is 7.77. The molecule has 0 aliphatic carbocycles. The summed E-state index contributed by atoms with van der Waals surface area (Å²) in [5.74, 6) is 0.482. The molecule has 0 aliphatic rings. The first-order valence-corrected chi connectivity index (χ1v) is 12.1. The Morgan fingerprint density at radius 1 is 1.09 bits per heavy atom. The van der Waals surface area contributed by atoms with E-state index in [0.717, 1.165) is 15.6 Å². The van der Waals surface area contributed by atoms with Crippen LogP contribution in [0.3, 0.4) is 0 Å². The monoisotopic (exact) mass is 531 g/mol. The summed E-state index contributed by atoms with van der Waals surface area (Å²) in [7, 11) is 0. The van der Waals surface area contributed by atoms with Gasteiger partial charge in [-0.25, -0.2) is 4.68 Å². The summed E-state index contributed by atoms with van der Waals surface area (Å²) in [6, 6.07) is 20.7. The van der Waals surface area contributed by atoms with E-state index in [4.69, 9.17) is 4.74 Å². The first-order valence-electron chi connectivity index (χ1n) is 11.3. The van der Waals surface area contributed by atoms with Gasteiger partial charge in [0.1, 0.15) is 23.8 Å². The van der Waals surface area contributed by atoms with E-state index >= 15 is 0 Å². The molecule has 0 amide bonds. The van der Waals surface area contributed by atoms with Gasteiger partial charge in [-0.1, -0.05) is 77.5 Å². The molecule has 0 aliphatic heterocycles. The second-order valence-corrected chi connectivity index (χ2v) is 9.44. The van der Waals surface area contributed by atoms with E-state index < -0.39 is 0 Å². The van der Waals surface area contributed by atoms with Gasteiger partial charge in [-0.05, 0) is 52.9 Å². The van der Waals surface area contributed by atoms with Gasteiger partial charge in [0.05, 0.1) is 18.3 Å². The number of nitrogens with zero attached hydrogens (tertiary/aromatic N) is 3. The number of aromatic hydroxyl groups is 1. The van der Waals surface area contributed by atoms with E-state index in [-0.39, 0.29) is 23.7 Å². The predicted octanol–water partition coefficient (Wildman–Crippen LogP) is 6.39. The number of allylic oxidation sites excluding steroid dienone is 1. The first kappa shape index (κ1) is 24.4. The van der Waals surface area contributed by atoms with Crippen LogP contribution < -0.4 is 4.74 Å². The van der Waals surface area contributed by atoms with E-state index in [0.29, 0.717) is 23.9 Å². The van der Waals surface area contributed by atoms with Gasteiger partial charge < -0.3 is 9.84 Å². The molecule has 0 fully saturated rings. The van der Waals surface area contributed by atoms with Crippen molar-refractivity contribution in [3.63, 3.8) is 0 Å². The maximum atomic E-state index is 12.6. The zero-order valence-electron chi connectivity index (χ0n) is 19.6. The Morgan fingerprint density at radius 2 is 1.83 bits per heavy atom. The number of benzene rings is 3. The zero-order valence-corrected chi connectivity index (χ0v) is 21.1. The van der Waals surface area contributed by atoms with Gasteiger partial charge in [-0.15, -0.1) is 5.10 Å². The summed E-state index contributed by atoms with van der Waals surface area (Å²) in [6.45, 7) is 5.07. The summed E-state index contributed by atoms with van der Waals surface area (Å²) in [6.07, 6.45) is 5.02. The molecule has 1 N–H and O–H groups in total. The number of carbonyl (C=O) groups is 1. The van der Waals surface area contributed by atoms with Gasteiger partial charge in [0, 0.05) is 10.5 Å². The van der Waals surface area contributed by atoms with Crippen LogP contribution in [0.5, 0.6) is 11.5 Å². The molecule has 0 bridgehead atoms. The molecule has 1 heterocycles. The Hall–Kier alpha value is -3.71. The Balaban J connectivity index is 1.33. The van der Waals surface area contributed by atoms with Crippen LogP contribution in [0.1, 0.15) is 52.5 Å². The lowest BCUT2D eigenvalue weighted by Crippen LogP contribution is -2.00. The molecule has 0 saturated carbocycles. The number of hydrogen-bond donors (Lipinski definition) is 1. The number of carbonyl (C=O) groups excluding carboxylic acids is 1. The SMILES string of the molecule is CC(C)c1ccc(/C=C/C(=O)c2ccc(OCc3cn(Cc4ccc(Br)cc4)nn3)cc2O)cc1. The molecule has 6 nitrogen and oxygen atoms in total. The number of aromatic nitrogens is 3. The van der Waals surface area contributed by atoms with Crippen molar-refractivity contribution in [3.05, 3.63) is 111 Å². The van der Waals surface area contributed by atoms with Gasteiger partial charge in [0.2, 0.25) is 0 Å². The van der Waals surface area contributed by atoms with Gasteiger partial charge in [0.25, 0.3) is 0 Å².